The average Bonchev–Trinajstić information content (AvgIpc) is 2.56. The molecule has 0 atom stereocenters. The molecule has 1 aromatic heterocycles. The van der Waals surface area contributed by atoms with Crippen LogP contribution in [-0.4, -0.2) is 14.1 Å². The molecule has 0 spiro atoms. The van der Waals surface area contributed by atoms with Crippen molar-refractivity contribution in [1.29, 1.82) is 0 Å². The van der Waals surface area contributed by atoms with E-state index in [1.807, 2.05) is 12.1 Å². The van der Waals surface area contributed by atoms with Crippen LogP contribution < -0.4 is 0 Å². The number of hydrogen-bond acceptors (Lipinski definition) is 3. The fourth-order valence-corrected chi connectivity index (χ4v) is 1.45. The lowest BCUT2D eigenvalue weighted by Gasteiger charge is -2.01. The van der Waals surface area contributed by atoms with Gasteiger partial charge in [0.2, 0.25) is 0 Å². The van der Waals surface area contributed by atoms with Crippen molar-refractivity contribution in [1.82, 2.24) is 8.96 Å². The van der Waals surface area contributed by atoms with Crippen molar-refractivity contribution in [3.8, 4) is 5.75 Å². The first-order chi connectivity index (χ1) is 6.75. The number of imidazole rings is 1. The van der Waals surface area contributed by atoms with Gasteiger partial charge in [-0.15, -0.1) is 0 Å². The van der Waals surface area contributed by atoms with Crippen LogP contribution in [0.25, 0.3) is 0 Å². The predicted octanol–water partition coefficient (Wildman–Crippen LogP) is 1.87. The molecule has 3 nitrogen and oxygen atoms in total. The van der Waals surface area contributed by atoms with Gasteiger partial charge in [-0.2, -0.15) is 0 Å². The van der Waals surface area contributed by atoms with Gasteiger partial charge >= 0.3 is 0 Å². The molecule has 4 heteroatoms. The Kier molecular flexibility index (Phi) is 2.45. The summed E-state index contributed by atoms with van der Waals surface area (Å²) >= 11 is 4.20. The van der Waals surface area contributed by atoms with Crippen molar-refractivity contribution >= 4 is 12.8 Å². The summed E-state index contributed by atoms with van der Waals surface area (Å²) in [5, 5.41) is 9.10. The van der Waals surface area contributed by atoms with Gasteiger partial charge in [0.1, 0.15) is 12.1 Å². The maximum atomic E-state index is 9.10. The van der Waals surface area contributed by atoms with E-state index < -0.39 is 0 Å². The van der Waals surface area contributed by atoms with Crippen LogP contribution in [0, 0.1) is 0 Å². The van der Waals surface area contributed by atoms with Crippen molar-refractivity contribution < 1.29 is 5.11 Å². The maximum Gasteiger partial charge on any atom is 0.115 e. The first kappa shape index (κ1) is 9.15. The van der Waals surface area contributed by atoms with Crippen LogP contribution in [0.4, 0.5) is 0 Å². The Hall–Kier alpha value is -1.42. The van der Waals surface area contributed by atoms with Crippen molar-refractivity contribution in [2.45, 2.75) is 6.42 Å². The molecule has 72 valence electrons. The van der Waals surface area contributed by atoms with E-state index in [1.165, 1.54) is 0 Å². The molecule has 0 unspecified atom stereocenters. The Labute approximate surface area is 87.6 Å². The molecular formula is C10H10N2OS. The number of hydrogen-bond donors (Lipinski definition) is 2. The van der Waals surface area contributed by atoms with Crippen molar-refractivity contribution in [2.75, 3.05) is 0 Å². The zero-order valence-electron chi connectivity index (χ0n) is 7.46. The molecule has 0 saturated heterocycles. The van der Waals surface area contributed by atoms with Gasteiger partial charge in [0.05, 0.1) is 5.69 Å². The van der Waals surface area contributed by atoms with Crippen molar-refractivity contribution in [3.63, 3.8) is 0 Å². The lowest BCUT2D eigenvalue weighted by Crippen LogP contribution is -1.91. The molecule has 0 aliphatic heterocycles. The number of phenolic OH excluding ortho intramolecular Hbond substituents is 1. The smallest absolute Gasteiger partial charge is 0.115 e. The van der Waals surface area contributed by atoms with Gasteiger partial charge in [-0.3, -0.25) is 3.97 Å². The summed E-state index contributed by atoms with van der Waals surface area (Å²) in [4.78, 5) is 3.97. The summed E-state index contributed by atoms with van der Waals surface area (Å²) in [7, 11) is 0. The van der Waals surface area contributed by atoms with Crippen molar-refractivity contribution in [3.05, 3.63) is 48.0 Å². The number of benzene rings is 1. The zero-order chi connectivity index (χ0) is 9.97. The highest BCUT2D eigenvalue weighted by atomic mass is 32.1. The zero-order valence-corrected chi connectivity index (χ0v) is 8.35. The van der Waals surface area contributed by atoms with Crippen LogP contribution in [0.15, 0.2) is 36.8 Å². The highest BCUT2D eigenvalue weighted by molar-refractivity contribution is 7.78. The molecule has 0 amide bonds. The minimum Gasteiger partial charge on any atom is -0.508 e. The molecule has 0 aliphatic rings. The fourth-order valence-electron chi connectivity index (χ4n) is 1.27. The minimum absolute atomic E-state index is 0.285. The van der Waals surface area contributed by atoms with E-state index in [2.05, 4.69) is 17.8 Å². The Balaban J connectivity index is 2.19. The summed E-state index contributed by atoms with van der Waals surface area (Å²) in [6.07, 6.45) is 4.20. The first-order valence-corrected chi connectivity index (χ1v) is 4.64. The van der Waals surface area contributed by atoms with Crippen LogP contribution in [0.5, 0.6) is 5.75 Å². The number of aromatic hydroxyl groups is 1. The summed E-state index contributed by atoms with van der Waals surface area (Å²) in [5.74, 6) is 0.285. The number of phenols is 1. The number of thiol groups is 1. The summed E-state index contributed by atoms with van der Waals surface area (Å²) < 4.78 is 1.69. The van der Waals surface area contributed by atoms with Crippen LogP contribution >= 0.6 is 12.8 Å². The molecule has 0 bridgehead atoms. The molecule has 0 radical (unpaired) electrons. The average molecular weight is 206 g/mol. The molecule has 1 aromatic carbocycles. The van der Waals surface area contributed by atoms with E-state index >= 15 is 0 Å². The van der Waals surface area contributed by atoms with E-state index in [1.54, 1.807) is 28.6 Å². The highest BCUT2D eigenvalue weighted by Crippen LogP contribution is 2.13. The SMILES string of the molecule is Oc1ccc(Cc2cncn2S)cc1. The summed E-state index contributed by atoms with van der Waals surface area (Å²) in [6, 6.07) is 7.12. The Morgan fingerprint density at radius 3 is 2.57 bits per heavy atom. The lowest BCUT2D eigenvalue weighted by atomic mass is 10.1. The standard InChI is InChI=1S/C10H10N2OS/c13-10-3-1-8(2-4-10)5-9-6-11-7-12(9)14/h1-4,6-7,13-14H,5H2. The van der Waals surface area contributed by atoms with Gasteiger partial charge in [0.25, 0.3) is 0 Å². The molecule has 1 heterocycles. The molecule has 1 N–H and O–H groups in total. The van der Waals surface area contributed by atoms with E-state index in [9.17, 15) is 0 Å². The van der Waals surface area contributed by atoms with Crippen LogP contribution in [0.1, 0.15) is 11.3 Å². The summed E-state index contributed by atoms with van der Waals surface area (Å²) in [5.41, 5.74) is 2.15. The molecule has 2 aromatic rings. The topological polar surface area (TPSA) is 38.1 Å². The lowest BCUT2D eigenvalue weighted by molar-refractivity contribution is 0.475. The van der Waals surface area contributed by atoms with Crippen LogP contribution in [-0.2, 0) is 6.42 Å². The van der Waals surface area contributed by atoms with Crippen LogP contribution in [0.3, 0.4) is 0 Å². The maximum absolute atomic E-state index is 9.10. The second-order valence-electron chi connectivity index (χ2n) is 3.07. The molecule has 0 fully saturated rings. The van der Waals surface area contributed by atoms with E-state index in [0.29, 0.717) is 0 Å². The number of rotatable bonds is 2. The molecule has 0 aliphatic carbocycles. The van der Waals surface area contributed by atoms with Crippen molar-refractivity contribution in [2.24, 2.45) is 0 Å². The molecule has 0 saturated carbocycles. The van der Waals surface area contributed by atoms with Crippen LogP contribution in [0.2, 0.25) is 0 Å². The Morgan fingerprint density at radius 2 is 2.00 bits per heavy atom. The van der Waals surface area contributed by atoms with E-state index in [-0.39, 0.29) is 5.75 Å². The molecule has 2 rings (SSSR count). The number of aromatic nitrogens is 2. The third-order valence-electron chi connectivity index (χ3n) is 2.02. The first-order valence-electron chi connectivity index (χ1n) is 4.24. The summed E-state index contributed by atoms with van der Waals surface area (Å²) in [6.45, 7) is 0. The van der Waals surface area contributed by atoms with Gasteiger partial charge in [0, 0.05) is 12.6 Å². The minimum atomic E-state index is 0.285. The van der Waals surface area contributed by atoms with Gasteiger partial charge < -0.3 is 5.11 Å². The second-order valence-corrected chi connectivity index (χ2v) is 3.50. The van der Waals surface area contributed by atoms with E-state index in [0.717, 1.165) is 17.7 Å². The third-order valence-corrected chi connectivity index (χ3v) is 2.38. The van der Waals surface area contributed by atoms with Gasteiger partial charge in [-0.25, -0.2) is 4.98 Å². The Bertz CT molecular complexity index is 422. The Morgan fingerprint density at radius 1 is 1.29 bits per heavy atom. The quantitative estimate of drug-likeness (QED) is 0.736. The normalized spacial score (nSPS) is 10.4. The molecule has 14 heavy (non-hydrogen) atoms. The van der Waals surface area contributed by atoms with Gasteiger partial charge in [0.15, 0.2) is 0 Å². The van der Waals surface area contributed by atoms with Gasteiger partial charge in [-0.1, -0.05) is 24.9 Å². The fraction of sp³-hybridized carbons (Fsp3) is 0.100. The van der Waals surface area contributed by atoms with E-state index in [4.69, 9.17) is 5.11 Å². The largest absolute Gasteiger partial charge is 0.508 e. The molecular weight excluding hydrogens is 196 g/mol. The third kappa shape index (κ3) is 1.90. The highest BCUT2D eigenvalue weighted by Gasteiger charge is 2.00. The monoisotopic (exact) mass is 206 g/mol. The predicted molar refractivity (Wildman–Crippen MR) is 57.5 cm³/mol. The number of nitrogens with zero attached hydrogens (tertiary/aromatic N) is 2. The second kappa shape index (κ2) is 3.75. The van der Waals surface area contributed by atoms with Gasteiger partial charge in [-0.05, 0) is 17.7 Å².